The Balaban J connectivity index is 1.77. The minimum absolute atomic E-state index is 0.0582. The minimum Gasteiger partial charge on any atom is -0.391 e. The van der Waals surface area contributed by atoms with E-state index in [1.54, 1.807) is 18.2 Å². The van der Waals surface area contributed by atoms with E-state index in [9.17, 15) is 14.6 Å². The molecule has 0 bridgehead atoms. The number of nitrogens with zero attached hydrogens (tertiary/aromatic N) is 1. The average Bonchev–Trinajstić information content (AvgIpc) is 3.30. The summed E-state index contributed by atoms with van der Waals surface area (Å²) >= 11 is 7.12. The molecule has 3 rings (SSSR count). The molecule has 0 saturated heterocycles. The van der Waals surface area contributed by atoms with Crippen molar-refractivity contribution in [1.29, 1.82) is 0 Å². The molecule has 150 valence electrons. The number of rotatable bonds is 8. The molecule has 0 spiro atoms. The van der Waals surface area contributed by atoms with Crippen LogP contribution in [0.25, 0.3) is 11.3 Å². The third-order valence-corrected chi connectivity index (χ3v) is 5.96. The molecule has 0 amide bonds. The van der Waals surface area contributed by atoms with Gasteiger partial charge in [0.05, 0.1) is 33.9 Å². The number of hydrogen-bond donors (Lipinski definition) is 5. The number of aromatic amines is 1. The molecule has 6 N–H and O–H groups in total. The third kappa shape index (κ3) is 4.60. The van der Waals surface area contributed by atoms with Gasteiger partial charge in [-0.1, -0.05) is 17.7 Å². The Morgan fingerprint density at radius 3 is 2.79 bits per heavy atom. The lowest BCUT2D eigenvalue weighted by Gasteiger charge is -2.20. The first-order chi connectivity index (χ1) is 13.4. The molecule has 2 unspecified atom stereocenters. The molecule has 0 fully saturated rings. The number of nitrogens with one attached hydrogen (secondary N) is 2. The highest BCUT2D eigenvalue weighted by atomic mass is 35.5. The van der Waals surface area contributed by atoms with Crippen molar-refractivity contribution >= 4 is 22.9 Å². The van der Waals surface area contributed by atoms with E-state index in [2.05, 4.69) is 15.3 Å². The summed E-state index contributed by atoms with van der Waals surface area (Å²) in [7, 11) is 0. The summed E-state index contributed by atoms with van der Waals surface area (Å²) in [5.41, 5.74) is 8.31. The van der Waals surface area contributed by atoms with Crippen LogP contribution in [0.2, 0.25) is 5.02 Å². The number of aliphatic hydroxyl groups excluding tert-OH is 2. The van der Waals surface area contributed by atoms with Crippen LogP contribution in [0.5, 0.6) is 0 Å². The van der Waals surface area contributed by atoms with Crippen LogP contribution < -0.4 is 11.1 Å². The van der Waals surface area contributed by atoms with Crippen molar-refractivity contribution in [2.75, 3.05) is 6.54 Å². The summed E-state index contributed by atoms with van der Waals surface area (Å²) in [4.78, 5) is 8.37. The number of aryl methyl sites for hydroxylation is 1. The molecule has 6 nitrogen and oxygen atoms in total. The molecule has 0 aliphatic rings. The van der Waals surface area contributed by atoms with Crippen LogP contribution in [0.1, 0.15) is 40.0 Å². The van der Waals surface area contributed by atoms with Crippen LogP contribution in [-0.2, 0) is 6.61 Å². The molecule has 0 saturated carbocycles. The van der Waals surface area contributed by atoms with Crippen LogP contribution in [0, 0.1) is 12.7 Å². The summed E-state index contributed by atoms with van der Waals surface area (Å²) < 4.78 is 13.7. The molecule has 2 heterocycles. The molecular weight excluding hydrogens is 403 g/mol. The van der Waals surface area contributed by atoms with Crippen molar-refractivity contribution in [1.82, 2.24) is 15.3 Å². The van der Waals surface area contributed by atoms with Gasteiger partial charge in [-0.3, -0.25) is 5.32 Å². The van der Waals surface area contributed by atoms with Crippen LogP contribution in [-0.4, -0.2) is 26.7 Å². The second kappa shape index (κ2) is 9.13. The van der Waals surface area contributed by atoms with E-state index in [-0.39, 0.29) is 17.7 Å². The van der Waals surface area contributed by atoms with Gasteiger partial charge in [0.25, 0.3) is 0 Å². The molecule has 2 aromatic heterocycles. The Bertz CT molecular complexity index is 946. The van der Waals surface area contributed by atoms with Gasteiger partial charge in [0.1, 0.15) is 17.1 Å². The van der Waals surface area contributed by atoms with Crippen LogP contribution in [0.3, 0.4) is 0 Å². The van der Waals surface area contributed by atoms with Crippen LogP contribution in [0.15, 0.2) is 30.3 Å². The van der Waals surface area contributed by atoms with Gasteiger partial charge in [0, 0.05) is 11.3 Å². The van der Waals surface area contributed by atoms with E-state index in [1.807, 2.05) is 6.92 Å². The largest absolute Gasteiger partial charge is 0.391 e. The van der Waals surface area contributed by atoms with Gasteiger partial charge in [-0.05, 0) is 44.2 Å². The van der Waals surface area contributed by atoms with Crippen molar-refractivity contribution in [2.24, 2.45) is 5.73 Å². The number of aromatic nitrogens is 2. The zero-order valence-corrected chi connectivity index (χ0v) is 16.8. The fraction of sp³-hybridized carbons (Fsp3) is 0.316. The van der Waals surface area contributed by atoms with Crippen molar-refractivity contribution in [2.45, 2.75) is 32.2 Å². The quantitative estimate of drug-likeness (QED) is 0.356. The highest BCUT2D eigenvalue weighted by Crippen LogP contribution is 2.29. The van der Waals surface area contributed by atoms with Gasteiger partial charge >= 0.3 is 0 Å². The smallest absolute Gasteiger partial charge is 0.146 e. The highest BCUT2D eigenvalue weighted by Gasteiger charge is 2.21. The number of nitrogens with two attached hydrogens (primary N) is 1. The third-order valence-electron chi connectivity index (χ3n) is 4.40. The molecule has 0 radical (unpaired) electrons. The van der Waals surface area contributed by atoms with E-state index in [4.69, 9.17) is 17.3 Å². The van der Waals surface area contributed by atoms with Crippen LogP contribution in [0.4, 0.5) is 4.39 Å². The van der Waals surface area contributed by atoms with Gasteiger partial charge in [0.2, 0.25) is 0 Å². The van der Waals surface area contributed by atoms with Gasteiger partial charge in [-0.15, -0.1) is 11.3 Å². The van der Waals surface area contributed by atoms with Crippen molar-refractivity contribution in [3.8, 4) is 11.3 Å². The monoisotopic (exact) mass is 424 g/mol. The minimum atomic E-state index is -0.996. The zero-order valence-electron chi connectivity index (χ0n) is 15.2. The SMILES string of the molecule is Cc1nc(C(CCN)NC(O)c2ccc(-c3ccc(Cl)c(F)c3)[nH]2)sc1CO. The maximum absolute atomic E-state index is 13.7. The second-order valence-electron chi connectivity index (χ2n) is 6.37. The predicted molar refractivity (Wildman–Crippen MR) is 108 cm³/mol. The molecule has 0 aliphatic carbocycles. The van der Waals surface area contributed by atoms with E-state index in [0.717, 1.165) is 15.6 Å². The Morgan fingerprint density at radius 2 is 2.14 bits per heavy atom. The first-order valence-corrected chi connectivity index (χ1v) is 9.98. The first kappa shape index (κ1) is 20.9. The number of H-pyrrole nitrogens is 1. The molecule has 9 heteroatoms. The summed E-state index contributed by atoms with van der Waals surface area (Å²) in [6.07, 6.45) is -0.422. The van der Waals surface area contributed by atoms with Crippen LogP contribution >= 0.6 is 22.9 Å². The lowest BCUT2D eigenvalue weighted by atomic mass is 10.1. The molecule has 0 aliphatic heterocycles. The van der Waals surface area contributed by atoms with Gasteiger partial charge in [0.15, 0.2) is 0 Å². The number of thiazole rings is 1. The molecule has 2 atom stereocenters. The maximum atomic E-state index is 13.7. The standard InChI is InChI=1S/C19H22ClFN4O2S/c1-10-17(9-26)28-19(23-10)16(6-7-22)25-18(27)15-5-4-14(24-15)11-2-3-12(20)13(21)8-11/h2-5,8,16,18,24-27H,6-7,9,22H2,1H3. The Kier molecular flexibility index (Phi) is 6.82. The lowest BCUT2D eigenvalue weighted by molar-refractivity contribution is 0.118. The van der Waals surface area contributed by atoms with E-state index < -0.39 is 12.0 Å². The van der Waals surface area contributed by atoms with E-state index in [1.165, 1.54) is 23.5 Å². The zero-order chi connectivity index (χ0) is 20.3. The van der Waals surface area contributed by atoms with Gasteiger partial charge in [-0.2, -0.15) is 0 Å². The Hall–Kier alpha value is -1.81. The summed E-state index contributed by atoms with van der Waals surface area (Å²) in [6.45, 7) is 2.18. The second-order valence-corrected chi connectivity index (χ2v) is 7.90. The predicted octanol–water partition coefficient (Wildman–Crippen LogP) is 3.40. The van der Waals surface area contributed by atoms with Gasteiger partial charge in [-0.25, -0.2) is 9.37 Å². The normalized spacial score (nSPS) is 13.6. The summed E-state index contributed by atoms with van der Waals surface area (Å²) in [5, 5.41) is 23.9. The highest BCUT2D eigenvalue weighted by molar-refractivity contribution is 7.11. The van der Waals surface area contributed by atoms with Gasteiger partial charge < -0.3 is 20.9 Å². The fourth-order valence-electron chi connectivity index (χ4n) is 2.87. The summed E-state index contributed by atoms with van der Waals surface area (Å²) in [5.74, 6) is -0.504. The maximum Gasteiger partial charge on any atom is 0.146 e. The number of hydrogen-bond acceptors (Lipinski definition) is 6. The molecule has 28 heavy (non-hydrogen) atoms. The number of benzene rings is 1. The fourth-order valence-corrected chi connectivity index (χ4v) is 4.01. The van der Waals surface area contributed by atoms with Crippen molar-refractivity contribution in [3.05, 3.63) is 62.4 Å². The average molecular weight is 425 g/mol. The Morgan fingerprint density at radius 1 is 1.36 bits per heavy atom. The molecule has 3 aromatic rings. The van der Waals surface area contributed by atoms with E-state index in [0.29, 0.717) is 29.9 Å². The molecule has 1 aromatic carbocycles. The van der Waals surface area contributed by atoms with Crippen molar-refractivity contribution < 1.29 is 14.6 Å². The van der Waals surface area contributed by atoms with E-state index >= 15 is 0 Å². The topological polar surface area (TPSA) is 107 Å². The Labute approximate surface area is 171 Å². The number of halogens is 2. The summed E-state index contributed by atoms with van der Waals surface area (Å²) in [6, 6.07) is 7.76. The number of aliphatic hydroxyl groups is 2. The molecular formula is C19H22ClFN4O2S. The lowest BCUT2D eigenvalue weighted by Crippen LogP contribution is -2.28. The van der Waals surface area contributed by atoms with Crippen molar-refractivity contribution in [3.63, 3.8) is 0 Å². The first-order valence-electron chi connectivity index (χ1n) is 8.78.